The summed E-state index contributed by atoms with van der Waals surface area (Å²) < 4.78 is 6.97. The van der Waals surface area contributed by atoms with Crippen LogP contribution in [0, 0.1) is 0 Å². The van der Waals surface area contributed by atoms with E-state index in [1.54, 1.807) is 47.5 Å². The van der Waals surface area contributed by atoms with Gasteiger partial charge in [0, 0.05) is 36.1 Å². The zero-order chi connectivity index (χ0) is 15.5. The molecule has 0 aromatic carbocycles. The molecule has 2 N–H and O–H groups in total. The molecule has 3 aromatic rings. The fourth-order valence-corrected chi connectivity index (χ4v) is 2.18. The Morgan fingerprint density at radius 3 is 2.95 bits per heavy atom. The highest BCUT2D eigenvalue weighted by Gasteiger charge is 2.13. The number of hydrogen-bond donors (Lipinski definition) is 1. The van der Waals surface area contributed by atoms with Crippen LogP contribution in [-0.2, 0) is 6.54 Å². The lowest BCUT2D eigenvalue weighted by Gasteiger charge is -2.09. The molecule has 0 aliphatic carbocycles. The van der Waals surface area contributed by atoms with Crippen molar-refractivity contribution in [2.45, 2.75) is 6.54 Å². The van der Waals surface area contributed by atoms with E-state index in [2.05, 4.69) is 16.5 Å². The summed E-state index contributed by atoms with van der Waals surface area (Å²) in [6.07, 6.45) is 6.59. The van der Waals surface area contributed by atoms with Crippen molar-refractivity contribution in [1.82, 2.24) is 14.5 Å². The van der Waals surface area contributed by atoms with Crippen LogP contribution >= 0.6 is 0 Å². The number of rotatable bonds is 4. The van der Waals surface area contributed by atoms with Crippen molar-refractivity contribution in [1.29, 1.82) is 0 Å². The van der Waals surface area contributed by atoms with Crippen LogP contribution < -0.4 is 11.3 Å². The topological polar surface area (TPSA) is 86.9 Å². The van der Waals surface area contributed by atoms with Crippen LogP contribution in [0.4, 0.5) is 5.95 Å². The summed E-state index contributed by atoms with van der Waals surface area (Å²) in [5.41, 5.74) is 7.70. The van der Waals surface area contributed by atoms with Gasteiger partial charge in [0.2, 0.25) is 5.95 Å². The quantitative estimate of drug-likeness (QED) is 0.746. The van der Waals surface area contributed by atoms with Crippen molar-refractivity contribution >= 4 is 5.95 Å². The van der Waals surface area contributed by atoms with Crippen LogP contribution in [0.3, 0.4) is 0 Å². The van der Waals surface area contributed by atoms with E-state index in [1.807, 2.05) is 0 Å². The van der Waals surface area contributed by atoms with Gasteiger partial charge < -0.3 is 14.7 Å². The normalized spacial score (nSPS) is 10.5. The first-order valence-corrected chi connectivity index (χ1v) is 6.67. The number of anilines is 1. The maximum atomic E-state index is 11.8. The average Bonchev–Trinajstić information content (AvgIpc) is 3.04. The molecular formula is C16H14N4O2. The fraction of sp³-hybridized carbons (Fsp3) is 0.0625. The van der Waals surface area contributed by atoms with Crippen LogP contribution in [0.1, 0.15) is 0 Å². The molecule has 3 heterocycles. The van der Waals surface area contributed by atoms with Crippen molar-refractivity contribution in [3.8, 4) is 22.6 Å². The van der Waals surface area contributed by atoms with Gasteiger partial charge in [-0.05, 0) is 18.2 Å². The van der Waals surface area contributed by atoms with Gasteiger partial charge in [-0.3, -0.25) is 4.79 Å². The Hall–Kier alpha value is -3.15. The van der Waals surface area contributed by atoms with Gasteiger partial charge in [0.1, 0.15) is 5.69 Å². The van der Waals surface area contributed by atoms with Crippen LogP contribution in [-0.4, -0.2) is 14.5 Å². The molecule has 0 saturated heterocycles. The summed E-state index contributed by atoms with van der Waals surface area (Å²) in [6.45, 7) is 4.08. The van der Waals surface area contributed by atoms with Crippen molar-refractivity contribution in [3.63, 3.8) is 0 Å². The molecule has 6 nitrogen and oxygen atoms in total. The third kappa shape index (κ3) is 2.54. The third-order valence-corrected chi connectivity index (χ3v) is 3.18. The summed E-state index contributed by atoms with van der Waals surface area (Å²) in [7, 11) is 0. The van der Waals surface area contributed by atoms with Crippen molar-refractivity contribution in [2.24, 2.45) is 0 Å². The Bertz CT molecular complexity index is 866. The molecule has 0 amide bonds. The predicted molar refractivity (Wildman–Crippen MR) is 84.0 cm³/mol. The zero-order valence-corrected chi connectivity index (χ0v) is 11.8. The fourth-order valence-electron chi connectivity index (χ4n) is 2.18. The van der Waals surface area contributed by atoms with Crippen LogP contribution in [0.5, 0.6) is 0 Å². The maximum Gasteiger partial charge on any atom is 0.250 e. The molecular weight excluding hydrogens is 280 g/mol. The Labute approximate surface area is 126 Å². The van der Waals surface area contributed by atoms with Gasteiger partial charge >= 0.3 is 0 Å². The van der Waals surface area contributed by atoms with E-state index in [0.29, 0.717) is 18.0 Å². The molecule has 3 rings (SSSR count). The third-order valence-electron chi connectivity index (χ3n) is 3.18. The first kappa shape index (κ1) is 13.8. The second kappa shape index (κ2) is 5.69. The van der Waals surface area contributed by atoms with Crippen LogP contribution in [0.15, 0.2) is 64.8 Å². The molecule has 0 fully saturated rings. The minimum atomic E-state index is -0.0976. The lowest BCUT2D eigenvalue weighted by atomic mass is 10.1. The number of hydrogen-bond acceptors (Lipinski definition) is 5. The van der Waals surface area contributed by atoms with E-state index in [4.69, 9.17) is 10.2 Å². The van der Waals surface area contributed by atoms with Crippen LogP contribution in [0.2, 0.25) is 0 Å². The first-order valence-electron chi connectivity index (χ1n) is 6.67. The molecule has 0 saturated carbocycles. The van der Waals surface area contributed by atoms with Crippen molar-refractivity contribution < 1.29 is 4.42 Å². The van der Waals surface area contributed by atoms with E-state index in [0.717, 1.165) is 11.1 Å². The lowest BCUT2D eigenvalue weighted by molar-refractivity contribution is 0.580. The molecule has 0 bridgehead atoms. The SMILES string of the molecule is C=CCn1cc(-c2cnc(N)nc2-c2ccco2)ccc1=O. The second-order valence-electron chi connectivity index (χ2n) is 4.66. The average molecular weight is 294 g/mol. The zero-order valence-electron chi connectivity index (χ0n) is 11.8. The predicted octanol–water partition coefficient (Wildman–Crippen LogP) is 2.33. The highest BCUT2D eigenvalue weighted by atomic mass is 16.3. The van der Waals surface area contributed by atoms with Crippen molar-refractivity contribution in [2.75, 3.05) is 5.73 Å². The monoisotopic (exact) mass is 294 g/mol. The summed E-state index contributed by atoms with van der Waals surface area (Å²) in [5, 5.41) is 0. The molecule has 6 heteroatoms. The number of nitrogen functional groups attached to an aromatic ring is 1. The van der Waals surface area contributed by atoms with Crippen molar-refractivity contribution in [3.05, 3.63) is 65.9 Å². The molecule has 0 aliphatic rings. The van der Waals surface area contributed by atoms with E-state index in [1.165, 1.54) is 6.07 Å². The Morgan fingerprint density at radius 2 is 2.23 bits per heavy atom. The summed E-state index contributed by atoms with van der Waals surface area (Å²) in [5.74, 6) is 0.750. The van der Waals surface area contributed by atoms with E-state index in [9.17, 15) is 4.79 Å². The van der Waals surface area contributed by atoms with Gasteiger partial charge in [0.25, 0.3) is 5.56 Å². The Morgan fingerprint density at radius 1 is 1.36 bits per heavy atom. The number of allylic oxidation sites excluding steroid dienone is 1. The molecule has 0 spiro atoms. The van der Waals surface area contributed by atoms with Gasteiger partial charge in [-0.1, -0.05) is 6.08 Å². The molecule has 22 heavy (non-hydrogen) atoms. The minimum Gasteiger partial charge on any atom is -0.463 e. The molecule has 0 aliphatic heterocycles. The maximum absolute atomic E-state index is 11.8. The summed E-state index contributed by atoms with van der Waals surface area (Å²) in [6, 6.07) is 6.80. The highest BCUT2D eigenvalue weighted by Crippen LogP contribution is 2.30. The van der Waals surface area contributed by atoms with Gasteiger partial charge in [0.05, 0.1) is 6.26 Å². The minimum absolute atomic E-state index is 0.0976. The van der Waals surface area contributed by atoms with Gasteiger partial charge in [-0.2, -0.15) is 0 Å². The molecule has 3 aromatic heterocycles. The van der Waals surface area contributed by atoms with Gasteiger partial charge in [0.15, 0.2) is 5.76 Å². The number of nitrogens with two attached hydrogens (primary N) is 1. The number of furan rings is 1. The van der Waals surface area contributed by atoms with Gasteiger partial charge in [-0.25, -0.2) is 9.97 Å². The van der Waals surface area contributed by atoms with Crippen LogP contribution in [0.25, 0.3) is 22.6 Å². The smallest absolute Gasteiger partial charge is 0.250 e. The highest BCUT2D eigenvalue weighted by molar-refractivity contribution is 5.78. The number of nitrogens with zero attached hydrogens (tertiary/aromatic N) is 3. The Balaban J connectivity index is 2.18. The molecule has 0 radical (unpaired) electrons. The number of aromatic nitrogens is 3. The van der Waals surface area contributed by atoms with E-state index < -0.39 is 0 Å². The lowest BCUT2D eigenvalue weighted by Crippen LogP contribution is -2.17. The summed E-state index contributed by atoms with van der Waals surface area (Å²) >= 11 is 0. The van der Waals surface area contributed by atoms with Gasteiger partial charge in [-0.15, -0.1) is 6.58 Å². The van der Waals surface area contributed by atoms with E-state index >= 15 is 0 Å². The van der Waals surface area contributed by atoms with E-state index in [-0.39, 0.29) is 11.5 Å². The molecule has 0 unspecified atom stereocenters. The first-order chi connectivity index (χ1) is 10.7. The standard InChI is InChI=1S/C16H14N4O2/c1-2-7-20-10-11(5-6-14(20)21)12-9-18-16(17)19-15(12)13-4-3-8-22-13/h2-6,8-10H,1,7H2,(H2,17,18,19). The largest absolute Gasteiger partial charge is 0.463 e. The summed E-state index contributed by atoms with van der Waals surface area (Å²) in [4.78, 5) is 20.1. The number of pyridine rings is 1. The molecule has 0 atom stereocenters. The second-order valence-corrected chi connectivity index (χ2v) is 4.66. The Kier molecular flexibility index (Phi) is 3.57. The molecule has 110 valence electrons.